The monoisotopic (exact) mass is 477 g/mol. The maximum absolute atomic E-state index is 13.5. The van der Waals surface area contributed by atoms with Gasteiger partial charge in [0.25, 0.3) is 11.8 Å². The highest BCUT2D eigenvalue weighted by Gasteiger charge is 2.37. The van der Waals surface area contributed by atoms with Gasteiger partial charge in [0.15, 0.2) is 11.5 Å². The van der Waals surface area contributed by atoms with Crippen molar-refractivity contribution in [3.05, 3.63) is 59.2 Å². The number of nitrogens with one attached hydrogen (secondary N) is 1. The van der Waals surface area contributed by atoms with Crippen LogP contribution in [0.15, 0.2) is 42.5 Å². The Morgan fingerprint density at radius 3 is 2.37 bits per heavy atom. The van der Waals surface area contributed by atoms with Crippen molar-refractivity contribution in [3.63, 3.8) is 0 Å². The van der Waals surface area contributed by atoms with Gasteiger partial charge in [0.2, 0.25) is 12.7 Å². The molecule has 0 saturated carbocycles. The third kappa shape index (κ3) is 4.83. The standard InChI is InChI=1S/C27H31N3O5/c1-18-6-2-3-7-21(18)26(32)30-14-10-19(11-15-30)24(27(33)29-12-4-5-13-29)28-25(31)20-8-9-22-23(16-20)35-17-34-22/h2-3,6-9,16,19,24H,4-5,10-15,17H2,1H3,(H,28,31)/t24-/m1/s1. The topological polar surface area (TPSA) is 88.2 Å². The van der Waals surface area contributed by atoms with E-state index in [4.69, 9.17) is 9.47 Å². The van der Waals surface area contributed by atoms with Crippen molar-refractivity contribution >= 4 is 17.7 Å². The van der Waals surface area contributed by atoms with Crippen molar-refractivity contribution in [3.8, 4) is 11.5 Å². The number of nitrogens with zero attached hydrogens (tertiary/aromatic N) is 2. The molecule has 35 heavy (non-hydrogen) atoms. The molecule has 3 aliphatic rings. The Labute approximate surface area is 205 Å². The van der Waals surface area contributed by atoms with Gasteiger partial charge >= 0.3 is 0 Å². The molecule has 3 aliphatic heterocycles. The van der Waals surface area contributed by atoms with Crippen LogP contribution < -0.4 is 14.8 Å². The maximum atomic E-state index is 13.5. The summed E-state index contributed by atoms with van der Waals surface area (Å²) < 4.78 is 10.7. The van der Waals surface area contributed by atoms with Crippen LogP contribution in [0.4, 0.5) is 0 Å². The second-order valence-corrected chi connectivity index (χ2v) is 9.50. The number of hydrogen-bond donors (Lipinski definition) is 1. The molecule has 184 valence electrons. The van der Waals surface area contributed by atoms with Crippen molar-refractivity contribution in [1.29, 1.82) is 0 Å². The van der Waals surface area contributed by atoms with Crippen molar-refractivity contribution in [1.82, 2.24) is 15.1 Å². The number of benzene rings is 2. The molecular formula is C27H31N3O5. The first kappa shape index (κ1) is 23.2. The lowest BCUT2D eigenvalue weighted by molar-refractivity contribution is -0.134. The molecule has 1 atom stereocenters. The number of carbonyl (C=O) groups excluding carboxylic acids is 3. The van der Waals surface area contributed by atoms with Crippen LogP contribution in [0.25, 0.3) is 0 Å². The van der Waals surface area contributed by atoms with Gasteiger partial charge in [-0.25, -0.2) is 0 Å². The zero-order valence-corrected chi connectivity index (χ0v) is 20.0. The number of rotatable bonds is 5. The SMILES string of the molecule is Cc1ccccc1C(=O)N1CCC([C@@H](NC(=O)c2ccc3c(c2)OCO3)C(=O)N2CCCC2)CC1. The van der Waals surface area contributed by atoms with E-state index in [0.717, 1.165) is 31.5 Å². The number of aryl methyl sites for hydroxylation is 1. The molecule has 0 unspecified atom stereocenters. The average Bonchev–Trinajstić information content (AvgIpc) is 3.59. The van der Waals surface area contributed by atoms with E-state index in [1.807, 2.05) is 41.0 Å². The first-order valence-electron chi connectivity index (χ1n) is 12.4. The minimum Gasteiger partial charge on any atom is -0.454 e. The highest BCUT2D eigenvalue weighted by atomic mass is 16.7. The van der Waals surface area contributed by atoms with E-state index in [2.05, 4.69) is 5.32 Å². The minimum absolute atomic E-state index is 0.0216. The zero-order valence-electron chi connectivity index (χ0n) is 20.0. The molecule has 2 aromatic rings. The number of piperidine rings is 1. The van der Waals surface area contributed by atoms with Gasteiger partial charge in [-0.3, -0.25) is 14.4 Å². The second-order valence-electron chi connectivity index (χ2n) is 9.50. The summed E-state index contributed by atoms with van der Waals surface area (Å²) in [5.41, 5.74) is 2.10. The minimum atomic E-state index is -0.623. The quantitative estimate of drug-likeness (QED) is 0.715. The van der Waals surface area contributed by atoms with Crippen molar-refractivity contribution in [2.75, 3.05) is 33.0 Å². The van der Waals surface area contributed by atoms with Crippen LogP contribution >= 0.6 is 0 Å². The normalized spacial score (nSPS) is 18.4. The lowest BCUT2D eigenvalue weighted by atomic mass is 9.87. The molecule has 8 heteroatoms. The summed E-state index contributed by atoms with van der Waals surface area (Å²) in [4.78, 5) is 43.4. The highest BCUT2D eigenvalue weighted by molar-refractivity contribution is 5.98. The molecule has 2 aromatic carbocycles. The van der Waals surface area contributed by atoms with Gasteiger partial charge in [-0.2, -0.15) is 0 Å². The van der Waals surface area contributed by atoms with Gasteiger partial charge in [-0.1, -0.05) is 18.2 Å². The summed E-state index contributed by atoms with van der Waals surface area (Å²) in [6, 6.07) is 12.0. The molecule has 1 N–H and O–H groups in total. The molecule has 3 heterocycles. The Morgan fingerprint density at radius 2 is 1.63 bits per heavy atom. The maximum Gasteiger partial charge on any atom is 0.254 e. The average molecular weight is 478 g/mol. The molecule has 3 amide bonds. The molecule has 8 nitrogen and oxygen atoms in total. The smallest absolute Gasteiger partial charge is 0.254 e. The van der Waals surface area contributed by atoms with E-state index in [-0.39, 0.29) is 30.4 Å². The molecule has 2 saturated heterocycles. The number of amides is 3. The van der Waals surface area contributed by atoms with Crippen LogP contribution in [0.1, 0.15) is 52.0 Å². The van der Waals surface area contributed by atoms with Gasteiger partial charge < -0.3 is 24.6 Å². The number of likely N-dealkylation sites (tertiary alicyclic amines) is 2. The van der Waals surface area contributed by atoms with Crippen molar-refractivity contribution < 1.29 is 23.9 Å². The molecule has 0 spiro atoms. The van der Waals surface area contributed by atoms with E-state index in [1.165, 1.54) is 0 Å². The van der Waals surface area contributed by atoms with Gasteiger partial charge in [-0.05, 0) is 68.4 Å². The first-order valence-corrected chi connectivity index (χ1v) is 12.4. The van der Waals surface area contributed by atoms with Crippen LogP contribution in [0.5, 0.6) is 11.5 Å². The lowest BCUT2D eigenvalue weighted by Crippen LogP contribution is -2.54. The predicted molar refractivity (Wildman–Crippen MR) is 129 cm³/mol. The number of hydrogen-bond acceptors (Lipinski definition) is 5. The van der Waals surface area contributed by atoms with Crippen LogP contribution in [-0.2, 0) is 4.79 Å². The fraction of sp³-hybridized carbons (Fsp3) is 0.444. The van der Waals surface area contributed by atoms with Gasteiger partial charge in [-0.15, -0.1) is 0 Å². The van der Waals surface area contributed by atoms with Gasteiger partial charge in [0.05, 0.1) is 0 Å². The molecule has 0 aliphatic carbocycles. The summed E-state index contributed by atoms with van der Waals surface area (Å²) >= 11 is 0. The zero-order chi connectivity index (χ0) is 24.4. The Balaban J connectivity index is 1.29. The van der Waals surface area contributed by atoms with Crippen molar-refractivity contribution in [2.24, 2.45) is 5.92 Å². The molecule has 2 fully saturated rings. The summed E-state index contributed by atoms with van der Waals surface area (Å²) in [6.07, 6.45) is 3.28. The number of fused-ring (bicyclic) bond motifs is 1. The van der Waals surface area contributed by atoms with E-state index in [1.54, 1.807) is 18.2 Å². The van der Waals surface area contributed by atoms with E-state index >= 15 is 0 Å². The molecule has 0 radical (unpaired) electrons. The summed E-state index contributed by atoms with van der Waals surface area (Å²) in [5, 5.41) is 3.03. The molecule has 0 bridgehead atoms. The van der Waals surface area contributed by atoms with Crippen LogP contribution in [0, 0.1) is 12.8 Å². The van der Waals surface area contributed by atoms with Crippen molar-refractivity contribution in [2.45, 2.75) is 38.6 Å². The van der Waals surface area contributed by atoms with E-state index in [0.29, 0.717) is 48.6 Å². The van der Waals surface area contributed by atoms with E-state index < -0.39 is 6.04 Å². The Kier molecular flexibility index (Phi) is 6.61. The molecule has 0 aromatic heterocycles. The Morgan fingerprint density at radius 1 is 0.914 bits per heavy atom. The summed E-state index contributed by atoms with van der Waals surface area (Å²) in [5.74, 6) is 0.787. The van der Waals surface area contributed by atoms with Gasteiger partial charge in [0.1, 0.15) is 6.04 Å². The van der Waals surface area contributed by atoms with Crippen LogP contribution in [-0.4, -0.2) is 66.5 Å². The molecule has 5 rings (SSSR count). The first-order chi connectivity index (χ1) is 17.0. The fourth-order valence-corrected chi connectivity index (χ4v) is 5.20. The highest BCUT2D eigenvalue weighted by Crippen LogP contribution is 2.33. The number of ether oxygens (including phenoxy) is 2. The summed E-state index contributed by atoms with van der Waals surface area (Å²) in [6.45, 7) is 4.63. The van der Waals surface area contributed by atoms with Gasteiger partial charge in [0, 0.05) is 37.3 Å². The largest absolute Gasteiger partial charge is 0.454 e. The summed E-state index contributed by atoms with van der Waals surface area (Å²) in [7, 11) is 0. The second kappa shape index (κ2) is 9.98. The predicted octanol–water partition coefficient (Wildman–Crippen LogP) is 3.00. The Hall–Kier alpha value is -3.55. The lowest BCUT2D eigenvalue weighted by Gasteiger charge is -2.37. The third-order valence-corrected chi connectivity index (χ3v) is 7.28. The number of carbonyl (C=O) groups is 3. The molecular weight excluding hydrogens is 446 g/mol. The Bertz CT molecular complexity index is 1120. The van der Waals surface area contributed by atoms with Crippen LogP contribution in [0.3, 0.4) is 0 Å². The third-order valence-electron chi connectivity index (χ3n) is 7.28. The van der Waals surface area contributed by atoms with Crippen LogP contribution in [0.2, 0.25) is 0 Å². The fourth-order valence-electron chi connectivity index (χ4n) is 5.20. The van der Waals surface area contributed by atoms with E-state index in [9.17, 15) is 14.4 Å².